The van der Waals surface area contributed by atoms with Gasteiger partial charge in [0.25, 0.3) is 0 Å². The maximum absolute atomic E-state index is 10.9. The highest BCUT2D eigenvalue weighted by Gasteiger charge is 2.09. The number of ether oxygens (including phenoxy) is 1. The van der Waals surface area contributed by atoms with Crippen LogP contribution in [0.5, 0.6) is 0 Å². The lowest BCUT2D eigenvalue weighted by atomic mass is 10.1. The molecule has 0 heterocycles. The number of carbonyl (C=O) groups is 1. The third-order valence-electron chi connectivity index (χ3n) is 2.74. The number of benzene rings is 1. The van der Waals surface area contributed by atoms with Crippen LogP contribution >= 0.6 is 0 Å². The van der Waals surface area contributed by atoms with Crippen molar-refractivity contribution < 1.29 is 9.53 Å². The van der Waals surface area contributed by atoms with Crippen LogP contribution in [0.3, 0.4) is 0 Å². The van der Waals surface area contributed by atoms with E-state index in [9.17, 15) is 4.79 Å². The molecular formula is C13H14O2. The fourth-order valence-electron chi connectivity index (χ4n) is 1.93. The standard InChI is InChI=1S/C13H14O2/c1-15-13(14)8-6-10-5-7-11-3-2-4-12(11)9-10/h5-9H,2-4H2,1H3/b8-6-. The number of hydrogen-bond donors (Lipinski definition) is 0. The lowest BCUT2D eigenvalue weighted by molar-refractivity contribution is -0.134. The molecule has 0 saturated heterocycles. The Morgan fingerprint density at radius 2 is 2.13 bits per heavy atom. The molecule has 1 aromatic rings. The second-order valence-corrected chi connectivity index (χ2v) is 3.74. The van der Waals surface area contributed by atoms with Gasteiger partial charge in [-0.3, -0.25) is 0 Å². The van der Waals surface area contributed by atoms with Gasteiger partial charge >= 0.3 is 5.97 Å². The molecule has 0 atom stereocenters. The molecule has 0 N–H and O–H groups in total. The summed E-state index contributed by atoms with van der Waals surface area (Å²) in [6.45, 7) is 0. The van der Waals surface area contributed by atoms with Gasteiger partial charge in [0.1, 0.15) is 0 Å². The van der Waals surface area contributed by atoms with Crippen molar-refractivity contribution in [3.05, 3.63) is 41.0 Å². The Morgan fingerprint density at radius 3 is 2.93 bits per heavy atom. The van der Waals surface area contributed by atoms with E-state index in [2.05, 4.69) is 16.9 Å². The SMILES string of the molecule is COC(=O)/C=C\c1ccc2c(c1)CCC2. The third-order valence-corrected chi connectivity index (χ3v) is 2.74. The second-order valence-electron chi connectivity index (χ2n) is 3.74. The molecule has 0 saturated carbocycles. The monoisotopic (exact) mass is 202 g/mol. The van der Waals surface area contributed by atoms with E-state index in [4.69, 9.17) is 0 Å². The van der Waals surface area contributed by atoms with Gasteiger partial charge in [-0.25, -0.2) is 4.79 Å². The van der Waals surface area contributed by atoms with Crippen molar-refractivity contribution in [2.45, 2.75) is 19.3 Å². The van der Waals surface area contributed by atoms with Crippen molar-refractivity contribution in [1.29, 1.82) is 0 Å². The van der Waals surface area contributed by atoms with Crippen LogP contribution in [-0.2, 0) is 22.4 Å². The minimum atomic E-state index is -0.310. The highest BCUT2D eigenvalue weighted by atomic mass is 16.5. The number of carbonyl (C=O) groups excluding carboxylic acids is 1. The summed E-state index contributed by atoms with van der Waals surface area (Å²) in [4.78, 5) is 10.9. The molecule has 15 heavy (non-hydrogen) atoms. The summed E-state index contributed by atoms with van der Waals surface area (Å²) in [5, 5.41) is 0. The topological polar surface area (TPSA) is 26.3 Å². The molecule has 1 aliphatic carbocycles. The summed E-state index contributed by atoms with van der Waals surface area (Å²) < 4.78 is 4.54. The molecule has 0 aromatic heterocycles. The Hall–Kier alpha value is -1.57. The van der Waals surface area contributed by atoms with Crippen LogP contribution in [0, 0.1) is 0 Å². The number of hydrogen-bond acceptors (Lipinski definition) is 2. The predicted octanol–water partition coefficient (Wildman–Crippen LogP) is 2.36. The van der Waals surface area contributed by atoms with Crippen LogP contribution in [-0.4, -0.2) is 13.1 Å². The maximum atomic E-state index is 10.9. The average Bonchev–Trinajstić information content (AvgIpc) is 2.72. The number of methoxy groups -OCH3 is 1. The predicted molar refractivity (Wildman–Crippen MR) is 59.5 cm³/mol. The smallest absolute Gasteiger partial charge is 0.330 e. The van der Waals surface area contributed by atoms with Gasteiger partial charge in [-0.15, -0.1) is 0 Å². The van der Waals surface area contributed by atoms with Gasteiger partial charge in [-0.05, 0) is 42.0 Å². The molecule has 0 fully saturated rings. The van der Waals surface area contributed by atoms with E-state index in [1.807, 2.05) is 6.07 Å². The van der Waals surface area contributed by atoms with Crippen LogP contribution in [0.25, 0.3) is 6.08 Å². The van der Waals surface area contributed by atoms with Gasteiger partial charge in [0.2, 0.25) is 0 Å². The van der Waals surface area contributed by atoms with Crippen molar-refractivity contribution in [3.63, 3.8) is 0 Å². The third kappa shape index (κ3) is 2.27. The highest BCUT2D eigenvalue weighted by molar-refractivity contribution is 5.86. The number of rotatable bonds is 2. The van der Waals surface area contributed by atoms with Crippen molar-refractivity contribution in [1.82, 2.24) is 0 Å². The molecule has 0 spiro atoms. The van der Waals surface area contributed by atoms with Crippen molar-refractivity contribution in [2.24, 2.45) is 0 Å². The van der Waals surface area contributed by atoms with Gasteiger partial charge in [-0.2, -0.15) is 0 Å². The summed E-state index contributed by atoms with van der Waals surface area (Å²) in [7, 11) is 1.38. The first-order chi connectivity index (χ1) is 7.29. The zero-order chi connectivity index (χ0) is 10.7. The van der Waals surface area contributed by atoms with E-state index in [-0.39, 0.29) is 5.97 Å². The minimum absolute atomic E-state index is 0.310. The molecular weight excluding hydrogens is 188 g/mol. The quantitative estimate of drug-likeness (QED) is 0.543. The molecule has 0 bridgehead atoms. The maximum Gasteiger partial charge on any atom is 0.330 e. The van der Waals surface area contributed by atoms with Gasteiger partial charge < -0.3 is 4.74 Å². The summed E-state index contributed by atoms with van der Waals surface area (Å²) in [6.07, 6.45) is 6.85. The van der Waals surface area contributed by atoms with Crippen LogP contribution in [0.15, 0.2) is 24.3 Å². The van der Waals surface area contributed by atoms with Crippen LogP contribution in [0.1, 0.15) is 23.1 Å². The zero-order valence-corrected chi connectivity index (χ0v) is 8.82. The first kappa shape index (κ1) is 9.97. The molecule has 1 aromatic carbocycles. The normalized spacial score (nSPS) is 14.2. The van der Waals surface area contributed by atoms with Crippen LogP contribution < -0.4 is 0 Å². The number of fused-ring (bicyclic) bond motifs is 1. The average molecular weight is 202 g/mol. The minimum Gasteiger partial charge on any atom is -0.466 e. The lowest BCUT2D eigenvalue weighted by Gasteiger charge is -2.00. The fourth-order valence-corrected chi connectivity index (χ4v) is 1.93. The van der Waals surface area contributed by atoms with E-state index in [0.717, 1.165) is 12.0 Å². The Kier molecular flexibility index (Phi) is 2.86. The van der Waals surface area contributed by atoms with Crippen LogP contribution in [0.2, 0.25) is 0 Å². The molecule has 0 radical (unpaired) electrons. The van der Waals surface area contributed by atoms with E-state index in [1.54, 1.807) is 6.08 Å². The first-order valence-corrected chi connectivity index (χ1v) is 5.17. The van der Waals surface area contributed by atoms with Crippen molar-refractivity contribution >= 4 is 12.0 Å². The summed E-state index contributed by atoms with van der Waals surface area (Å²) >= 11 is 0. The summed E-state index contributed by atoms with van der Waals surface area (Å²) in [6, 6.07) is 6.35. The van der Waals surface area contributed by atoms with E-state index >= 15 is 0 Å². The molecule has 0 aliphatic heterocycles. The molecule has 78 valence electrons. The Labute approximate surface area is 89.6 Å². The summed E-state index contributed by atoms with van der Waals surface area (Å²) in [5.74, 6) is -0.310. The fraction of sp³-hybridized carbons (Fsp3) is 0.308. The van der Waals surface area contributed by atoms with Gasteiger partial charge in [0.15, 0.2) is 0 Å². The zero-order valence-electron chi connectivity index (χ0n) is 8.82. The Balaban J connectivity index is 2.16. The van der Waals surface area contributed by atoms with Gasteiger partial charge in [0.05, 0.1) is 7.11 Å². The largest absolute Gasteiger partial charge is 0.466 e. The van der Waals surface area contributed by atoms with Crippen molar-refractivity contribution in [2.75, 3.05) is 7.11 Å². The van der Waals surface area contributed by atoms with E-state index in [1.165, 1.54) is 37.2 Å². The van der Waals surface area contributed by atoms with Crippen LogP contribution in [0.4, 0.5) is 0 Å². The highest BCUT2D eigenvalue weighted by Crippen LogP contribution is 2.23. The van der Waals surface area contributed by atoms with Gasteiger partial charge in [0, 0.05) is 6.08 Å². The lowest BCUT2D eigenvalue weighted by Crippen LogP contribution is -1.93. The molecule has 0 amide bonds. The van der Waals surface area contributed by atoms with E-state index in [0.29, 0.717) is 0 Å². The number of aryl methyl sites for hydroxylation is 2. The molecule has 2 rings (SSSR count). The first-order valence-electron chi connectivity index (χ1n) is 5.17. The Bertz CT molecular complexity index is 405. The molecule has 0 unspecified atom stereocenters. The molecule has 1 aliphatic rings. The van der Waals surface area contributed by atoms with Gasteiger partial charge in [-0.1, -0.05) is 18.2 Å². The van der Waals surface area contributed by atoms with E-state index < -0.39 is 0 Å². The second kappa shape index (κ2) is 4.30. The van der Waals surface area contributed by atoms with Crippen molar-refractivity contribution in [3.8, 4) is 0 Å². The number of esters is 1. The summed E-state index contributed by atoms with van der Waals surface area (Å²) in [5.41, 5.74) is 3.94. The Morgan fingerprint density at radius 1 is 1.33 bits per heavy atom. The molecule has 2 nitrogen and oxygen atoms in total. The molecule has 2 heteroatoms.